The Morgan fingerprint density at radius 1 is 1.11 bits per heavy atom. The van der Waals surface area contributed by atoms with Crippen molar-refractivity contribution in [2.45, 2.75) is 13.0 Å². The van der Waals surface area contributed by atoms with Crippen molar-refractivity contribution >= 4 is 0 Å². The number of ether oxygens (including phenoxy) is 1. The third kappa shape index (κ3) is 3.30. The number of rotatable bonds is 5. The Bertz CT molecular complexity index is 540. The molecule has 0 amide bonds. The van der Waals surface area contributed by atoms with Gasteiger partial charge in [0.15, 0.2) is 11.6 Å². The highest BCUT2D eigenvalue weighted by atomic mass is 19.1. The van der Waals surface area contributed by atoms with Gasteiger partial charge in [0.05, 0.1) is 0 Å². The number of halogens is 1. The monoisotopic (exact) mass is 261 g/mol. The Morgan fingerprint density at radius 3 is 2.47 bits per heavy atom. The zero-order valence-corrected chi connectivity index (χ0v) is 10.5. The first-order chi connectivity index (χ1) is 9.24. The minimum absolute atomic E-state index is 0.102. The second-order valence-electron chi connectivity index (χ2n) is 4.15. The van der Waals surface area contributed by atoms with Crippen LogP contribution in [0, 0.1) is 5.82 Å². The van der Waals surface area contributed by atoms with E-state index < -0.39 is 5.82 Å². The number of para-hydroxylation sites is 1. The van der Waals surface area contributed by atoms with Gasteiger partial charge >= 0.3 is 0 Å². The highest BCUT2D eigenvalue weighted by Crippen LogP contribution is 2.28. The van der Waals surface area contributed by atoms with Gasteiger partial charge in [-0.05, 0) is 30.2 Å². The summed E-state index contributed by atoms with van der Waals surface area (Å²) in [5.41, 5.74) is 7.19. The largest absolute Gasteiger partial charge is 0.454 e. The molecule has 0 aliphatic carbocycles. The van der Waals surface area contributed by atoms with Crippen LogP contribution in [-0.4, -0.2) is 11.7 Å². The fourth-order valence-electron chi connectivity index (χ4n) is 1.80. The van der Waals surface area contributed by atoms with E-state index in [0.29, 0.717) is 17.7 Å². The molecule has 2 aromatic rings. The van der Waals surface area contributed by atoms with Crippen molar-refractivity contribution in [1.29, 1.82) is 0 Å². The molecule has 0 aliphatic heterocycles. The van der Waals surface area contributed by atoms with E-state index in [1.807, 2.05) is 12.1 Å². The van der Waals surface area contributed by atoms with Gasteiger partial charge in [-0.3, -0.25) is 0 Å². The molecule has 0 aromatic heterocycles. The maximum absolute atomic E-state index is 13.7. The summed E-state index contributed by atoms with van der Waals surface area (Å²) >= 11 is 0. The molecule has 2 rings (SSSR count). The molecule has 0 saturated heterocycles. The van der Waals surface area contributed by atoms with Gasteiger partial charge in [0.1, 0.15) is 5.75 Å². The normalized spacial score (nSPS) is 10.5. The van der Waals surface area contributed by atoms with Gasteiger partial charge < -0.3 is 15.6 Å². The third-order valence-electron chi connectivity index (χ3n) is 2.81. The lowest BCUT2D eigenvalue weighted by Crippen LogP contribution is -2.01. The molecular formula is C15H16FNO2. The van der Waals surface area contributed by atoms with Crippen LogP contribution in [0.2, 0.25) is 0 Å². The molecule has 100 valence electrons. The van der Waals surface area contributed by atoms with Crippen LogP contribution in [0.4, 0.5) is 4.39 Å². The molecule has 0 saturated carbocycles. The van der Waals surface area contributed by atoms with Gasteiger partial charge in [-0.15, -0.1) is 0 Å². The molecule has 3 nitrogen and oxygen atoms in total. The molecule has 0 bridgehead atoms. The van der Waals surface area contributed by atoms with Crippen LogP contribution in [0.3, 0.4) is 0 Å². The van der Waals surface area contributed by atoms with Crippen LogP contribution in [0.5, 0.6) is 11.5 Å². The second-order valence-corrected chi connectivity index (χ2v) is 4.15. The molecule has 19 heavy (non-hydrogen) atoms. The van der Waals surface area contributed by atoms with Crippen molar-refractivity contribution in [3.05, 3.63) is 59.4 Å². The number of aliphatic hydroxyl groups is 1. The molecule has 2 aromatic carbocycles. The molecule has 0 atom stereocenters. The average molecular weight is 261 g/mol. The topological polar surface area (TPSA) is 55.5 Å². The van der Waals surface area contributed by atoms with E-state index in [0.717, 1.165) is 5.56 Å². The van der Waals surface area contributed by atoms with Crippen molar-refractivity contribution < 1.29 is 14.2 Å². The van der Waals surface area contributed by atoms with Crippen molar-refractivity contribution in [2.24, 2.45) is 5.73 Å². The summed E-state index contributed by atoms with van der Waals surface area (Å²) in [6, 6.07) is 11.9. The first-order valence-corrected chi connectivity index (χ1v) is 6.09. The molecule has 0 fully saturated rings. The maximum atomic E-state index is 13.7. The van der Waals surface area contributed by atoms with E-state index in [4.69, 9.17) is 15.6 Å². The van der Waals surface area contributed by atoms with Gasteiger partial charge in [-0.2, -0.15) is 0 Å². The fourth-order valence-corrected chi connectivity index (χ4v) is 1.80. The summed E-state index contributed by atoms with van der Waals surface area (Å²) in [5.74, 6) is 0.281. The highest BCUT2D eigenvalue weighted by molar-refractivity contribution is 5.39. The van der Waals surface area contributed by atoms with Crippen molar-refractivity contribution in [3.8, 4) is 11.5 Å². The Hall–Kier alpha value is -1.91. The Morgan fingerprint density at radius 2 is 1.84 bits per heavy atom. The minimum atomic E-state index is -0.428. The molecular weight excluding hydrogens is 245 g/mol. The number of hydrogen-bond donors (Lipinski definition) is 2. The van der Waals surface area contributed by atoms with Crippen LogP contribution >= 0.6 is 0 Å². The van der Waals surface area contributed by atoms with E-state index in [2.05, 4.69) is 0 Å². The molecule has 3 N–H and O–H groups in total. The van der Waals surface area contributed by atoms with Gasteiger partial charge in [0, 0.05) is 18.7 Å². The molecule has 0 spiro atoms. The molecule has 0 radical (unpaired) electrons. The van der Waals surface area contributed by atoms with Crippen molar-refractivity contribution in [3.63, 3.8) is 0 Å². The summed E-state index contributed by atoms with van der Waals surface area (Å²) in [4.78, 5) is 0. The molecule has 0 unspecified atom stereocenters. The van der Waals surface area contributed by atoms with E-state index in [1.54, 1.807) is 24.3 Å². The zero-order valence-electron chi connectivity index (χ0n) is 10.5. The predicted octanol–water partition coefficient (Wildman–Crippen LogP) is 2.61. The number of hydrogen-bond acceptors (Lipinski definition) is 3. The first-order valence-electron chi connectivity index (χ1n) is 6.09. The summed E-state index contributed by atoms with van der Waals surface area (Å²) in [7, 11) is 0. The van der Waals surface area contributed by atoms with Crippen molar-refractivity contribution in [2.75, 3.05) is 6.61 Å². The first kappa shape index (κ1) is 13.5. The highest BCUT2D eigenvalue weighted by Gasteiger charge is 2.09. The van der Waals surface area contributed by atoms with E-state index >= 15 is 0 Å². The lowest BCUT2D eigenvalue weighted by molar-refractivity contribution is 0.299. The standard InChI is InChI=1S/C15H16FNO2/c16-14-3-1-2-12(10-17)15(14)19-13-6-4-11(5-7-13)8-9-18/h1-7,18H,8-10,17H2. The Kier molecular flexibility index (Phi) is 4.49. The summed E-state index contributed by atoms with van der Waals surface area (Å²) < 4.78 is 19.3. The summed E-state index contributed by atoms with van der Waals surface area (Å²) in [5, 5.41) is 8.83. The molecule has 4 heteroatoms. The third-order valence-corrected chi connectivity index (χ3v) is 2.81. The number of benzene rings is 2. The maximum Gasteiger partial charge on any atom is 0.167 e. The molecule has 0 heterocycles. The Labute approximate surface area is 111 Å². The van der Waals surface area contributed by atoms with Crippen LogP contribution in [0.1, 0.15) is 11.1 Å². The lowest BCUT2D eigenvalue weighted by Gasteiger charge is -2.11. The van der Waals surface area contributed by atoms with Gasteiger partial charge in [-0.25, -0.2) is 4.39 Å². The zero-order chi connectivity index (χ0) is 13.7. The predicted molar refractivity (Wildman–Crippen MR) is 71.6 cm³/mol. The lowest BCUT2D eigenvalue weighted by atomic mass is 10.1. The van der Waals surface area contributed by atoms with Crippen molar-refractivity contribution in [1.82, 2.24) is 0 Å². The smallest absolute Gasteiger partial charge is 0.167 e. The SMILES string of the molecule is NCc1cccc(F)c1Oc1ccc(CCO)cc1. The second kappa shape index (κ2) is 6.31. The molecule has 0 aliphatic rings. The van der Waals surface area contributed by atoms with E-state index in [-0.39, 0.29) is 18.9 Å². The minimum Gasteiger partial charge on any atom is -0.454 e. The van der Waals surface area contributed by atoms with Gasteiger partial charge in [0.25, 0.3) is 0 Å². The van der Waals surface area contributed by atoms with E-state index in [9.17, 15) is 4.39 Å². The number of nitrogens with two attached hydrogens (primary N) is 1. The van der Waals surface area contributed by atoms with E-state index in [1.165, 1.54) is 6.07 Å². The van der Waals surface area contributed by atoms with Crippen LogP contribution in [0.15, 0.2) is 42.5 Å². The van der Waals surface area contributed by atoms with Crippen LogP contribution in [0.25, 0.3) is 0 Å². The summed E-state index contributed by atoms with van der Waals surface area (Å²) in [6.45, 7) is 0.320. The summed E-state index contributed by atoms with van der Waals surface area (Å²) in [6.07, 6.45) is 0.591. The number of aliphatic hydroxyl groups excluding tert-OH is 1. The average Bonchev–Trinajstić information content (AvgIpc) is 2.43. The Balaban J connectivity index is 2.21. The van der Waals surface area contributed by atoms with Gasteiger partial charge in [-0.1, -0.05) is 24.3 Å². The van der Waals surface area contributed by atoms with Crippen LogP contribution < -0.4 is 10.5 Å². The van der Waals surface area contributed by atoms with Crippen LogP contribution in [-0.2, 0) is 13.0 Å². The fraction of sp³-hybridized carbons (Fsp3) is 0.200. The van der Waals surface area contributed by atoms with Gasteiger partial charge in [0.2, 0.25) is 0 Å². The quantitative estimate of drug-likeness (QED) is 0.869.